The van der Waals surface area contributed by atoms with E-state index in [1.807, 2.05) is 44.8 Å². The van der Waals surface area contributed by atoms with Crippen molar-refractivity contribution in [2.75, 3.05) is 26.2 Å². The van der Waals surface area contributed by atoms with Gasteiger partial charge in [0.25, 0.3) is 0 Å². The zero-order chi connectivity index (χ0) is 13.5. The predicted molar refractivity (Wildman–Crippen MR) is 74.4 cm³/mol. The third kappa shape index (κ3) is 1.84. The van der Waals surface area contributed by atoms with Crippen LogP contribution in [0.1, 0.15) is 5.69 Å². The lowest BCUT2D eigenvalue weighted by Crippen LogP contribution is -2.49. The van der Waals surface area contributed by atoms with Gasteiger partial charge in [-0.1, -0.05) is 6.07 Å². The van der Waals surface area contributed by atoms with Gasteiger partial charge in [-0.05, 0) is 12.1 Å². The molecule has 6 heteroatoms. The van der Waals surface area contributed by atoms with Crippen LogP contribution < -0.4 is 5.32 Å². The zero-order valence-electron chi connectivity index (χ0n) is 11.2. The molecule has 104 valence electrons. The summed E-state index contributed by atoms with van der Waals surface area (Å²) in [6, 6.07) is 6.38. The summed E-state index contributed by atoms with van der Waals surface area (Å²) in [4.78, 5) is 20.8. The molecule has 1 atom stereocenters. The first kappa shape index (κ1) is 11.7. The maximum atomic E-state index is 12.3. The van der Waals surface area contributed by atoms with Crippen LogP contribution in [0.25, 0.3) is 5.65 Å². The highest BCUT2D eigenvalue weighted by atomic mass is 16.2. The van der Waals surface area contributed by atoms with Crippen molar-refractivity contribution >= 4 is 11.7 Å². The third-order valence-electron chi connectivity index (χ3n) is 4.06. The normalized spacial score (nSPS) is 22.6. The summed E-state index contributed by atoms with van der Waals surface area (Å²) in [5, 5.41) is 3.34. The molecule has 1 N–H and O–H groups in total. The Balaban J connectivity index is 1.55. The number of carbonyl (C=O) groups is 1. The van der Waals surface area contributed by atoms with E-state index < -0.39 is 0 Å². The molecule has 0 radical (unpaired) electrons. The first-order valence-electron chi connectivity index (χ1n) is 7.00. The number of rotatable bonds is 2. The van der Waals surface area contributed by atoms with Gasteiger partial charge in [-0.2, -0.15) is 0 Å². The predicted octanol–water partition coefficient (Wildman–Crippen LogP) is 0.544. The van der Waals surface area contributed by atoms with E-state index in [0.29, 0.717) is 12.6 Å². The minimum atomic E-state index is 0.147. The molecule has 2 amide bonds. The summed E-state index contributed by atoms with van der Waals surface area (Å²) in [5.74, 6) is 0. The lowest BCUT2D eigenvalue weighted by Gasteiger charge is -2.28. The molecule has 2 aliphatic heterocycles. The Morgan fingerprint density at radius 1 is 1.40 bits per heavy atom. The van der Waals surface area contributed by atoms with Crippen molar-refractivity contribution in [2.24, 2.45) is 0 Å². The number of aromatic nitrogens is 2. The Labute approximate surface area is 117 Å². The van der Waals surface area contributed by atoms with E-state index in [4.69, 9.17) is 0 Å². The van der Waals surface area contributed by atoms with Gasteiger partial charge < -0.3 is 19.5 Å². The highest BCUT2D eigenvalue weighted by Gasteiger charge is 2.38. The van der Waals surface area contributed by atoms with Gasteiger partial charge in [-0.15, -0.1) is 0 Å². The quantitative estimate of drug-likeness (QED) is 0.867. The van der Waals surface area contributed by atoms with E-state index >= 15 is 0 Å². The molecular weight excluding hydrogens is 254 g/mol. The van der Waals surface area contributed by atoms with Crippen LogP contribution >= 0.6 is 0 Å². The summed E-state index contributed by atoms with van der Waals surface area (Å²) in [7, 11) is 0. The number of hydrogen-bond acceptors (Lipinski definition) is 3. The van der Waals surface area contributed by atoms with Crippen LogP contribution in [-0.4, -0.2) is 57.4 Å². The van der Waals surface area contributed by atoms with Crippen molar-refractivity contribution < 1.29 is 4.79 Å². The van der Waals surface area contributed by atoms with Crippen LogP contribution in [0.5, 0.6) is 0 Å². The maximum Gasteiger partial charge on any atom is 0.320 e. The summed E-state index contributed by atoms with van der Waals surface area (Å²) in [5.41, 5.74) is 1.87. The Hall–Kier alpha value is -2.08. The fraction of sp³-hybridized carbons (Fsp3) is 0.429. The van der Waals surface area contributed by atoms with E-state index in [1.165, 1.54) is 0 Å². The van der Waals surface area contributed by atoms with Crippen molar-refractivity contribution in [3.05, 3.63) is 36.3 Å². The number of fused-ring (bicyclic) bond motifs is 2. The van der Waals surface area contributed by atoms with Crippen molar-refractivity contribution in [1.29, 1.82) is 0 Å². The first-order chi connectivity index (χ1) is 9.81. The van der Waals surface area contributed by atoms with E-state index in [0.717, 1.165) is 37.5 Å². The van der Waals surface area contributed by atoms with E-state index in [2.05, 4.69) is 10.3 Å². The lowest BCUT2D eigenvalue weighted by molar-refractivity contribution is 0.178. The average molecular weight is 271 g/mol. The van der Waals surface area contributed by atoms with Crippen LogP contribution in [0.3, 0.4) is 0 Å². The second kappa shape index (κ2) is 4.49. The van der Waals surface area contributed by atoms with Gasteiger partial charge >= 0.3 is 6.03 Å². The second-order valence-corrected chi connectivity index (χ2v) is 5.41. The van der Waals surface area contributed by atoms with Gasteiger partial charge in [-0.3, -0.25) is 0 Å². The Morgan fingerprint density at radius 2 is 2.35 bits per heavy atom. The van der Waals surface area contributed by atoms with Crippen molar-refractivity contribution in [1.82, 2.24) is 24.5 Å². The van der Waals surface area contributed by atoms with E-state index in [-0.39, 0.29) is 6.03 Å². The average Bonchev–Trinajstić information content (AvgIpc) is 3.01. The van der Waals surface area contributed by atoms with Crippen molar-refractivity contribution in [2.45, 2.75) is 12.6 Å². The molecule has 0 saturated carbocycles. The summed E-state index contributed by atoms with van der Waals surface area (Å²) < 4.78 is 1.99. The molecule has 6 nitrogen and oxygen atoms in total. The fourth-order valence-electron chi connectivity index (χ4n) is 3.08. The number of imidazole rings is 1. The molecule has 2 aliphatic rings. The SMILES string of the molecule is O=C1N(Cc2cn3ccccc3n2)CC2CNCCN12. The van der Waals surface area contributed by atoms with Crippen LogP contribution in [0.15, 0.2) is 30.6 Å². The number of urea groups is 1. The standard InChI is InChI=1S/C14H17N5O/c20-14-18(10-12-7-15-4-6-19(12)14)9-11-8-17-5-2-1-3-13(17)16-11/h1-3,5,8,12,15H,4,6-7,9-10H2. The molecule has 0 aromatic carbocycles. The number of nitrogens with one attached hydrogen (secondary N) is 1. The van der Waals surface area contributed by atoms with E-state index in [1.54, 1.807) is 0 Å². The molecule has 0 bridgehead atoms. The number of piperazine rings is 1. The minimum absolute atomic E-state index is 0.147. The molecule has 0 aliphatic carbocycles. The van der Waals surface area contributed by atoms with Gasteiger partial charge in [0.15, 0.2) is 0 Å². The van der Waals surface area contributed by atoms with Gasteiger partial charge in [0.1, 0.15) is 5.65 Å². The molecule has 2 fully saturated rings. The van der Waals surface area contributed by atoms with Crippen molar-refractivity contribution in [3.63, 3.8) is 0 Å². The number of carbonyl (C=O) groups excluding carboxylic acids is 1. The van der Waals surface area contributed by atoms with Crippen molar-refractivity contribution in [3.8, 4) is 0 Å². The third-order valence-corrected chi connectivity index (χ3v) is 4.06. The van der Waals surface area contributed by atoms with Crippen LogP contribution in [0.4, 0.5) is 4.79 Å². The highest BCUT2D eigenvalue weighted by Crippen LogP contribution is 2.19. The fourth-order valence-corrected chi connectivity index (χ4v) is 3.08. The monoisotopic (exact) mass is 271 g/mol. The first-order valence-corrected chi connectivity index (χ1v) is 7.00. The molecule has 1 unspecified atom stereocenters. The summed E-state index contributed by atoms with van der Waals surface area (Å²) >= 11 is 0. The molecule has 2 aromatic rings. The molecule has 0 spiro atoms. The molecule has 20 heavy (non-hydrogen) atoms. The number of pyridine rings is 1. The molecular formula is C14H17N5O. The van der Waals surface area contributed by atoms with Gasteiger partial charge in [0, 0.05) is 38.6 Å². The number of nitrogens with zero attached hydrogens (tertiary/aromatic N) is 4. The minimum Gasteiger partial charge on any atom is -0.317 e. The Bertz CT molecular complexity index is 619. The highest BCUT2D eigenvalue weighted by molar-refractivity contribution is 5.77. The number of hydrogen-bond donors (Lipinski definition) is 1. The topological polar surface area (TPSA) is 52.9 Å². The largest absolute Gasteiger partial charge is 0.320 e. The molecule has 2 aromatic heterocycles. The summed E-state index contributed by atoms with van der Waals surface area (Å²) in [6.45, 7) is 3.98. The van der Waals surface area contributed by atoms with Crippen LogP contribution in [0, 0.1) is 0 Å². The van der Waals surface area contributed by atoms with Gasteiger partial charge in [-0.25, -0.2) is 9.78 Å². The van der Waals surface area contributed by atoms with Gasteiger partial charge in [0.05, 0.1) is 18.3 Å². The lowest BCUT2D eigenvalue weighted by atomic mass is 10.2. The smallest absolute Gasteiger partial charge is 0.317 e. The Morgan fingerprint density at radius 3 is 3.20 bits per heavy atom. The molecule has 2 saturated heterocycles. The van der Waals surface area contributed by atoms with Gasteiger partial charge in [0.2, 0.25) is 0 Å². The van der Waals surface area contributed by atoms with Crippen LogP contribution in [0.2, 0.25) is 0 Å². The maximum absolute atomic E-state index is 12.3. The zero-order valence-corrected chi connectivity index (χ0v) is 11.2. The number of amides is 2. The second-order valence-electron chi connectivity index (χ2n) is 5.41. The Kier molecular flexibility index (Phi) is 2.63. The molecule has 4 heterocycles. The van der Waals surface area contributed by atoms with Crippen LogP contribution in [-0.2, 0) is 6.54 Å². The van der Waals surface area contributed by atoms with E-state index in [9.17, 15) is 4.79 Å². The molecule has 4 rings (SSSR count). The summed E-state index contributed by atoms with van der Waals surface area (Å²) in [6.07, 6.45) is 3.98.